The third kappa shape index (κ3) is 5.34. The second-order valence-electron chi connectivity index (χ2n) is 4.14. The molecule has 1 aromatic rings. The van der Waals surface area contributed by atoms with Crippen molar-refractivity contribution in [2.24, 2.45) is 0 Å². The minimum atomic E-state index is -0.984. The largest absolute Gasteiger partial charge is 0.491 e. The molecule has 0 aliphatic heterocycles. The number of rotatable bonds is 6. The lowest BCUT2D eigenvalue weighted by Gasteiger charge is -2.11. The summed E-state index contributed by atoms with van der Waals surface area (Å²) in [5.74, 6) is -0.637. The first-order chi connectivity index (χ1) is 8.47. The average Bonchev–Trinajstić information content (AvgIpc) is 2.26. The molecule has 0 heterocycles. The highest BCUT2D eigenvalue weighted by Gasteiger charge is 2.06. The quantitative estimate of drug-likeness (QED) is 0.813. The monoisotopic (exact) mass is 251 g/mol. The standard InChI is InChI=1S/C13H17NO4/c1-9(2)18-11-5-3-4-10(8-11)14-12(15)6-7-13(16)17/h3-5,8-9H,6-7H2,1-2H3,(H,14,15)(H,16,17). The number of hydrogen-bond donors (Lipinski definition) is 2. The highest BCUT2D eigenvalue weighted by atomic mass is 16.5. The number of aliphatic carboxylic acids is 1. The summed E-state index contributed by atoms with van der Waals surface area (Å²) in [7, 11) is 0. The summed E-state index contributed by atoms with van der Waals surface area (Å²) >= 11 is 0. The van der Waals surface area contributed by atoms with Gasteiger partial charge in [-0.3, -0.25) is 9.59 Å². The van der Waals surface area contributed by atoms with E-state index in [4.69, 9.17) is 9.84 Å². The number of carbonyl (C=O) groups excluding carboxylic acids is 1. The van der Waals surface area contributed by atoms with Gasteiger partial charge in [0.15, 0.2) is 0 Å². The van der Waals surface area contributed by atoms with Crippen molar-refractivity contribution in [3.05, 3.63) is 24.3 Å². The minimum absolute atomic E-state index is 0.0371. The molecule has 1 aromatic carbocycles. The maximum atomic E-state index is 11.4. The summed E-state index contributed by atoms with van der Waals surface area (Å²) in [5, 5.41) is 11.1. The van der Waals surface area contributed by atoms with Gasteiger partial charge in [-0.1, -0.05) is 6.07 Å². The number of amides is 1. The molecule has 98 valence electrons. The van der Waals surface area contributed by atoms with E-state index in [0.717, 1.165) is 0 Å². The number of carboxylic acid groups (broad SMARTS) is 1. The zero-order chi connectivity index (χ0) is 13.5. The van der Waals surface area contributed by atoms with Gasteiger partial charge in [-0.2, -0.15) is 0 Å². The molecular formula is C13H17NO4. The Kier molecular flexibility index (Phi) is 5.17. The predicted octanol–water partition coefficient (Wildman–Crippen LogP) is 2.28. The van der Waals surface area contributed by atoms with Gasteiger partial charge in [-0.15, -0.1) is 0 Å². The molecule has 0 atom stereocenters. The summed E-state index contributed by atoms with van der Waals surface area (Å²) in [5.41, 5.74) is 0.600. The molecule has 2 N–H and O–H groups in total. The van der Waals surface area contributed by atoms with Crippen molar-refractivity contribution >= 4 is 17.6 Å². The van der Waals surface area contributed by atoms with Crippen LogP contribution in [-0.2, 0) is 9.59 Å². The second-order valence-corrected chi connectivity index (χ2v) is 4.14. The van der Waals surface area contributed by atoms with Crippen molar-refractivity contribution in [3.8, 4) is 5.75 Å². The van der Waals surface area contributed by atoms with E-state index in [0.29, 0.717) is 11.4 Å². The van der Waals surface area contributed by atoms with Gasteiger partial charge in [0.1, 0.15) is 5.75 Å². The molecule has 1 amide bonds. The van der Waals surface area contributed by atoms with Crippen molar-refractivity contribution in [2.75, 3.05) is 5.32 Å². The number of benzene rings is 1. The Morgan fingerprint density at radius 1 is 1.33 bits per heavy atom. The van der Waals surface area contributed by atoms with Crippen LogP contribution in [-0.4, -0.2) is 23.1 Å². The van der Waals surface area contributed by atoms with Crippen LogP contribution in [0.3, 0.4) is 0 Å². The fourth-order valence-corrected chi connectivity index (χ4v) is 1.36. The van der Waals surface area contributed by atoms with E-state index in [1.165, 1.54) is 0 Å². The summed E-state index contributed by atoms with van der Waals surface area (Å²) in [6, 6.07) is 7.00. The zero-order valence-electron chi connectivity index (χ0n) is 10.5. The third-order valence-electron chi connectivity index (χ3n) is 2.06. The molecule has 5 nitrogen and oxygen atoms in total. The molecule has 5 heteroatoms. The topological polar surface area (TPSA) is 75.6 Å². The number of ether oxygens (including phenoxy) is 1. The first-order valence-electron chi connectivity index (χ1n) is 5.75. The SMILES string of the molecule is CC(C)Oc1cccc(NC(=O)CCC(=O)O)c1. The molecule has 1 rings (SSSR count). The van der Waals surface area contributed by atoms with Crippen LogP contribution >= 0.6 is 0 Å². The minimum Gasteiger partial charge on any atom is -0.491 e. The van der Waals surface area contributed by atoms with Gasteiger partial charge in [-0.05, 0) is 26.0 Å². The molecule has 0 saturated carbocycles. The number of anilines is 1. The van der Waals surface area contributed by atoms with E-state index >= 15 is 0 Å². The molecule has 18 heavy (non-hydrogen) atoms. The first kappa shape index (κ1) is 14.0. The molecule has 0 aromatic heterocycles. The Morgan fingerprint density at radius 2 is 2.06 bits per heavy atom. The maximum Gasteiger partial charge on any atom is 0.303 e. The van der Waals surface area contributed by atoms with Gasteiger partial charge >= 0.3 is 5.97 Å². The number of nitrogens with one attached hydrogen (secondary N) is 1. The van der Waals surface area contributed by atoms with Gasteiger partial charge in [-0.25, -0.2) is 0 Å². The van der Waals surface area contributed by atoms with E-state index in [1.54, 1.807) is 24.3 Å². The highest BCUT2D eigenvalue weighted by molar-refractivity contribution is 5.92. The van der Waals surface area contributed by atoms with Crippen molar-refractivity contribution in [2.45, 2.75) is 32.8 Å². The molecule has 0 saturated heterocycles. The number of carboxylic acids is 1. The Labute approximate surface area is 106 Å². The van der Waals surface area contributed by atoms with E-state index in [-0.39, 0.29) is 24.9 Å². The Balaban J connectivity index is 2.56. The summed E-state index contributed by atoms with van der Waals surface area (Å²) in [6.45, 7) is 3.83. The molecular weight excluding hydrogens is 234 g/mol. The maximum absolute atomic E-state index is 11.4. The van der Waals surface area contributed by atoms with Crippen molar-refractivity contribution in [1.82, 2.24) is 0 Å². The molecule has 0 fully saturated rings. The normalized spacial score (nSPS) is 10.2. The third-order valence-corrected chi connectivity index (χ3v) is 2.06. The summed E-state index contributed by atoms with van der Waals surface area (Å²) in [6.07, 6.45) is -0.151. The van der Waals surface area contributed by atoms with Crippen LogP contribution in [0, 0.1) is 0 Å². The van der Waals surface area contributed by atoms with Gasteiger partial charge in [0.2, 0.25) is 5.91 Å². The summed E-state index contributed by atoms with van der Waals surface area (Å²) < 4.78 is 5.49. The lowest BCUT2D eigenvalue weighted by Crippen LogP contribution is -2.13. The fourth-order valence-electron chi connectivity index (χ4n) is 1.36. The van der Waals surface area contributed by atoms with E-state index in [9.17, 15) is 9.59 Å². The van der Waals surface area contributed by atoms with E-state index < -0.39 is 5.97 Å². The first-order valence-corrected chi connectivity index (χ1v) is 5.75. The molecule has 0 aliphatic rings. The molecule has 0 aliphatic carbocycles. The Hall–Kier alpha value is -2.04. The van der Waals surface area contributed by atoms with Crippen LogP contribution in [0.2, 0.25) is 0 Å². The van der Waals surface area contributed by atoms with E-state index in [2.05, 4.69) is 5.32 Å². The molecule has 0 unspecified atom stereocenters. The van der Waals surface area contributed by atoms with Crippen LogP contribution in [0.4, 0.5) is 5.69 Å². The predicted molar refractivity (Wildman–Crippen MR) is 67.7 cm³/mol. The van der Waals surface area contributed by atoms with Crippen LogP contribution < -0.4 is 10.1 Å². The van der Waals surface area contributed by atoms with Crippen LogP contribution in [0.5, 0.6) is 5.75 Å². The highest BCUT2D eigenvalue weighted by Crippen LogP contribution is 2.18. The number of carbonyl (C=O) groups is 2. The Bertz CT molecular complexity index is 429. The smallest absolute Gasteiger partial charge is 0.303 e. The van der Waals surface area contributed by atoms with Gasteiger partial charge < -0.3 is 15.2 Å². The molecule has 0 radical (unpaired) electrons. The van der Waals surface area contributed by atoms with Gasteiger partial charge in [0, 0.05) is 18.2 Å². The average molecular weight is 251 g/mol. The van der Waals surface area contributed by atoms with Gasteiger partial charge in [0.05, 0.1) is 12.5 Å². The summed E-state index contributed by atoms with van der Waals surface area (Å²) in [4.78, 5) is 21.8. The van der Waals surface area contributed by atoms with Crippen molar-refractivity contribution in [3.63, 3.8) is 0 Å². The van der Waals surface area contributed by atoms with Crippen molar-refractivity contribution < 1.29 is 19.4 Å². The fraction of sp³-hybridized carbons (Fsp3) is 0.385. The zero-order valence-corrected chi connectivity index (χ0v) is 10.5. The second kappa shape index (κ2) is 6.64. The lowest BCUT2D eigenvalue weighted by molar-refractivity contribution is -0.138. The van der Waals surface area contributed by atoms with Crippen LogP contribution in [0.25, 0.3) is 0 Å². The molecule has 0 bridgehead atoms. The van der Waals surface area contributed by atoms with Gasteiger partial charge in [0.25, 0.3) is 0 Å². The Morgan fingerprint density at radius 3 is 2.67 bits per heavy atom. The lowest BCUT2D eigenvalue weighted by atomic mass is 10.2. The number of hydrogen-bond acceptors (Lipinski definition) is 3. The van der Waals surface area contributed by atoms with Crippen molar-refractivity contribution in [1.29, 1.82) is 0 Å². The van der Waals surface area contributed by atoms with E-state index in [1.807, 2.05) is 13.8 Å². The van der Waals surface area contributed by atoms with Crippen LogP contribution in [0.1, 0.15) is 26.7 Å². The van der Waals surface area contributed by atoms with Crippen LogP contribution in [0.15, 0.2) is 24.3 Å². The molecule has 0 spiro atoms.